The predicted octanol–water partition coefficient (Wildman–Crippen LogP) is 7.36. The Labute approximate surface area is 351 Å². The van der Waals surface area contributed by atoms with Crippen LogP contribution in [0.15, 0.2) is 149 Å². The zero-order chi connectivity index (χ0) is 42.9. The Morgan fingerprint density at radius 1 is 0.617 bits per heavy atom. The molecule has 6 rings (SSSR count). The third-order valence-corrected chi connectivity index (χ3v) is 11.2. The zero-order valence-corrected chi connectivity index (χ0v) is 33.0. The number of nitro groups is 1. The summed E-state index contributed by atoms with van der Waals surface area (Å²) in [5.74, 6) is -1.03. The normalized spacial score (nSPS) is 12.3. The molecule has 0 aliphatic carbocycles. The molecule has 0 aliphatic heterocycles. The number of nitrogens with zero attached hydrogens (tertiary/aromatic N) is 7. The number of phenols is 1. The molecular weight excluding hydrogens is 842 g/mol. The van der Waals surface area contributed by atoms with Gasteiger partial charge in [0.1, 0.15) is 26.9 Å². The summed E-state index contributed by atoms with van der Waals surface area (Å²) in [5.41, 5.74) is 16.9. The van der Waals surface area contributed by atoms with Gasteiger partial charge in [-0.2, -0.15) is 32.2 Å². The number of phenolic OH excluding ortho intramolecular Hbond substituents is 1. The number of aromatic hydroxyl groups is 1. The summed E-state index contributed by atoms with van der Waals surface area (Å²) in [7, 11) is -14.5. The van der Waals surface area contributed by atoms with E-state index in [9.17, 15) is 49.6 Å². The minimum Gasteiger partial charge on any atom is -0.505 e. The van der Waals surface area contributed by atoms with Gasteiger partial charge in [0.15, 0.2) is 5.75 Å². The average molecular weight is 869 g/mol. The van der Waals surface area contributed by atoms with Crippen LogP contribution in [-0.2, 0) is 30.3 Å². The molecule has 0 spiro atoms. The minimum absolute atomic E-state index is 0. The molecule has 0 aliphatic rings. The Hall–Kier alpha value is -6.85. The van der Waals surface area contributed by atoms with Crippen LogP contribution in [0, 0.1) is 10.1 Å². The van der Waals surface area contributed by atoms with Gasteiger partial charge in [-0.05, 0) is 96.4 Å². The molecule has 0 atom stereocenters. The van der Waals surface area contributed by atoms with Gasteiger partial charge in [-0.1, -0.05) is 0 Å². The van der Waals surface area contributed by atoms with Crippen LogP contribution in [0.5, 0.6) is 5.75 Å². The number of non-ortho nitro benzene ring substituents is 1. The van der Waals surface area contributed by atoms with E-state index >= 15 is 0 Å². The van der Waals surface area contributed by atoms with Crippen molar-refractivity contribution >= 4 is 122 Å². The van der Waals surface area contributed by atoms with Crippen molar-refractivity contribution in [1.82, 2.24) is 0 Å². The number of sulfonamides is 1. The summed E-state index contributed by atoms with van der Waals surface area (Å²) in [6.45, 7) is 0. The molecule has 0 fully saturated rings. The van der Waals surface area contributed by atoms with E-state index < -0.39 is 78.6 Å². The zero-order valence-electron chi connectivity index (χ0n) is 30.5. The number of azo groups is 3. The maximum atomic E-state index is 13.1. The van der Waals surface area contributed by atoms with E-state index in [0.717, 1.165) is 24.3 Å². The fourth-order valence-electron chi connectivity index (χ4n) is 5.24. The Bertz CT molecular complexity index is 3100. The molecule has 0 unspecified atom stereocenters. The van der Waals surface area contributed by atoms with Gasteiger partial charge < -0.3 is 22.3 Å². The molecule has 0 aromatic heterocycles. The quantitative estimate of drug-likeness (QED) is 0.0158. The number of nitro benzene ring substituents is 1. The van der Waals surface area contributed by atoms with Crippen LogP contribution in [0.4, 0.5) is 62.6 Å². The maximum absolute atomic E-state index is 13.1. The molecule has 0 heterocycles. The number of benzene rings is 6. The SMILES string of the molecule is Nc1ccc(N=Nc2ccc(NS(=O)(=O)c3ccc(N=Nc4c(S(=O)(=O)O)cc5cc(S(=O)(=O)O)c(N=Nc6ccc([N+](=O)[O-])cc6)c(N)c5c4O)cc3)cc2)c(N)c1.[Li]. The molecule has 1 radical (unpaired) electrons. The fraction of sp³-hybridized carbons (Fsp3) is 0. The minimum atomic E-state index is -5.22. The first-order valence-corrected chi connectivity index (χ1v) is 20.5. The Morgan fingerprint density at radius 2 is 1.10 bits per heavy atom. The van der Waals surface area contributed by atoms with Crippen molar-refractivity contribution in [2.45, 2.75) is 14.7 Å². The van der Waals surface area contributed by atoms with Crippen LogP contribution in [-0.4, -0.2) is 63.2 Å². The molecule has 6 aromatic carbocycles. The number of hydrogen-bond donors (Lipinski definition) is 7. The number of fused-ring (bicyclic) bond motifs is 1. The van der Waals surface area contributed by atoms with Crippen LogP contribution < -0.4 is 21.9 Å². The molecule has 10 N–H and O–H groups in total. The van der Waals surface area contributed by atoms with Crippen molar-refractivity contribution in [3.8, 4) is 5.75 Å². The Balaban J connectivity index is 0.00000683. The monoisotopic (exact) mass is 868 g/mol. The van der Waals surface area contributed by atoms with Gasteiger partial charge in [-0.25, -0.2) is 8.42 Å². The van der Waals surface area contributed by atoms with Crippen molar-refractivity contribution in [2.24, 2.45) is 30.7 Å². The van der Waals surface area contributed by atoms with Gasteiger partial charge >= 0.3 is 0 Å². The molecule has 6 aromatic rings. The number of anilines is 4. The largest absolute Gasteiger partial charge is 0.505 e. The van der Waals surface area contributed by atoms with Gasteiger partial charge in [0.25, 0.3) is 35.9 Å². The van der Waals surface area contributed by atoms with E-state index in [-0.39, 0.29) is 46.5 Å². The van der Waals surface area contributed by atoms with E-state index in [0.29, 0.717) is 34.9 Å². The van der Waals surface area contributed by atoms with Crippen LogP contribution in [0.3, 0.4) is 0 Å². The maximum Gasteiger partial charge on any atom is 0.296 e. The molecule has 26 heteroatoms. The third kappa shape index (κ3) is 9.87. The van der Waals surface area contributed by atoms with Crippen molar-refractivity contribution in [3.63, 3.8) is 0 Å². The summed E-state index contributed by atoms with van der Waals surface area (Å²) < 4.78 is 98.2. The summed E-state index contributed by atoms with van der Waals surface area (Å²) in [4.78, 5) is 8.05. The van der Waals surface area contributed by atoms with E-state index in [1.54, 1.807) is 12.1 Å². The molecule has 22 nitrogen and oxygen atoms in total. The average Bonchev–Trinajstić information content (AvgIpc) is 3.16. The van der Waals surface area contributed by atoms with Crippen LogP contribution in [0.25, 0.3) is 10.8 Å². The molecule has 0 bridgehead atoms. The predicted molar refractivity (Wildman–Crippen MR) is 220 cm³/mol. The van der Waals surface area contributed by atoms with E-state index in [1.807, 2.05) is 0 Å². The first kappa shape index (κ1) is 44.3. The summed E-state index contributed by atoms with van der Waals surface area (Å²) in [5, 5.41) is 44.7. The van der Waals surface area contributed by atoms with Gasteiger partial charge in [0.2, 0.25) is 0 Å². The van der Waals surface area contributed by atoms with E-state index in [4.69, 9.17) is 17.2 Å². The van der Waals surface area contributed by atoms with Crippen molar-refractivity contribution < 1.29 is 44.4 Å². The fourth-order valence-corrected chi connectivity index (χ4v) is 7.63. The molecule has 60 heavy (non-hydrogen) atoms. The van der Waals surface area contributed by atoms with Gasteiger partial charge in [-0.15, -0.1) is 15.3 Å². The van der Waals surface area contributed by atoms with Crippen molar-refractivity contribution in [3.05, 3.63) is 113 Å². The van der Waals surface area contributed by atoms with Gasteiger partial charge in [0.05, 0.1) is 43.6 Å². The molecule has 0 saturated heterocycles. The van der Waals surface area contributed by atoms with Crippen LogP contribution >= 0.6 is 0 Å². The smallest absolute Gasteiger partial charge is 0.296 e. The van der Waals surface area contributed by atoms with E-state index in [1.165, 1.54) is 54.6 Å². The number of rotatable bonds is 12. The van der Waals surface area contributed by atoms with Crippen molar-refractivity contribution in [1.29, 1.82) is 0 Å². The molecule has 0 saturated carbocycles. The second kappa shape index (κ2) is 17.2. The summed E-state index contributed by atoms with van der Waals surface area (Å²) in [6.07, 6.45) is 0. The Kier molecular flexibility index (Phi) is 12.7. The molecule has 303 valence electrons. The number of nitrogen functional groups attached to an aromatic ring is 3. The second-order valence-corrected chi connectivity index (χ2v) is 16.6. The summed E-state index contributed by atoms with van der Waals surface area (Å²) in [6, 6.07) is 21.3. The van der Waals surface area contributed by atoms with Crippen LogP contribution in [0.2, 0.25) is 0 Å². The molecule has 0 amide bonds. The standard InChI is InChI=1S/C34H27N11O11S3.Li/c35-19-1-14-27(26(36)17-19)41-38-20-2-4-23(5-3-20)44-57(49,50)25-12-8-22(9-13-25)40-43-33-29(59(54,55)56)16-18-15-28(58(51,52)53)32(31(37)30(18)34(33)46)42-39-21-6-10-24(11-7-21)45(47)48;/h1-17,44,46H,35-37H2,(H,51,52,53)(H,54,55,56);. The van der Waals surface area contributed by atoms with Crippen molar-refractivity contribution in [2.75, 3.05) is 21.9 Å². The molecular formula is C34H27LiN11O11S3. The first-order chi connectivity index (χ1) is 27.7. The Morgan fingerprint density at radius 3 is 1.62 bits per heavy atom. The first-order valence-electron chi connectivity index (χ1n) is 16.2. The summed E-state index contributed by atoms with van der Waals surface area (Å²) >= 11 is 0. The third-order valence-electron chi connectivity index (χ3n) is 8.05. The topological polar surface area (TPSA) is 370 Å². The number of nitrogens with two attached hydrogens (primary N) is 3. The number of hydrogen-bond acceptors (Lipinski definition) is 18. The van der Waals surface area contributed by atoms with E-state index in [2.05, 4.69) is 35.4 Å². The van der Waals surface area contributed by atoms with Crippen LogP contribution in [0.1, 0.15) is 0 Å². The number of nitrogens with one attached hydrogen (secondary N) is 1. The second-order valence-electron chi connectivity index (χ2n) is 12.1. The van der Waals surface area contributed by atoms with Gasteiger partial charge in [0, 0.05) is 42.4 Å². The van der Waals surface area contributed by atoms with Gasteiger partial charge in [-0.3, -0.25) is 23.9 Å².